The highest BCUT2D eigenvalue weighted by atomic mass is 16.5. The van der Waals surface area contributed by atoms with Gasteiger partial charge in [0.15, 0.2) is 5.78 Å². The zero-order valence-electron chi connectivity index (χ0n) is 14.5. The molecule has 0 radical (unpaired) electrons. The Hall–Kier alpha value is -2.76. The van der Waals surface area contributed by atoms with Crippen molar-refractivity contribution in [2.24, 2.45) is 0 Å². The van der Waals surface area contributed by atoms with E-state index < -0.39 is 0 Å². The van der Waals surface area contributed by atoms with E-state index in [1.807, 2.05) is 60.8 Å². The van der Waals surface area contributed by atoms with Crippen LogP contribution in [0.3, 0.4) is 0 Å². The number of hydrogen-bond acceptors (Lipinski definition) is 4. The molecule has 2 aromatic carbocycles. The Morgan fingerprint density at radius 2 is 1.92 bits per heavy atom. The number of carbonyl (C=O) groups is 1. The molecule has 0 bridgehead atoms. The van der Waals surface area contributed by atoms with Gasteiger partial charge in [-0.1, -0.05) is 42.5 Å². The molecule has 4 rings (SSSR count). The third kappa shape index (κ3) is 3.74. The normalized spacial score (nSPS) is 17.2. The van der Waals surface area contributed by atoms with Gasteiger partial charge in [-0.2, -0.15) is 5.10 Å². The van der Waals surface area contributed by atoms with E-state index in [2.05, 4.69) is 10.4 Å². The van der Waals surface area contributed by atoms with Crippen molar-refractivity contribution < 1.29 is 9.53 Å². The summed E-state index contributed by atoms with van der Waals surface area (Å²) >= 11 is 0. The maximum Gasteiger partial charge on any atom is 0.187 e. The van der Waals surface area contributed by atoms with Crippen LogP contribution >= 0.6 is 0 Å². The molecule has 0 amide bonds. The second kappa shape index (κ2) is 7.64. The van der Waals surface area contributed by atoms with Crippen LogP contribution in [0.25, 0.3) is 5.69 Å². The van der Waals surface area contributed by atoms with E-state index in [1.54, 1.807) is 10.7 Å². The number of Topliss-reactive ketones (excluding diaryl/α,β-unsaturated/α-hetero) is 1. The van der Waals surface area contributed by atoms with Crippen molar-refractivity contribution in [1.29, 1.82) is 0 Å². The van der Waals surface area contributed by atoms with E-state index in [1.165, 1.54) is 0 Å². The molecule has 1 unspecified atom stereocenters. The maximum absolute atomic E-state index is 12.5. The minimum atomic E-state index is 0.0167. The molecular weight excluding hydrogens is 326 g/mol. The molecule has 2 heterocycles. The summed E-state index contributed by atoms with van der Waals surface area (Å²) in [5.41, 5.74) is 3.55. The average molecular weight is 347 g/mol. The molecule has 0 spiro atoms. The summed E-state index contributed by atoms with van der Waals surface area (Å²) < 4.78 is 7.48. The molecule has 1 atom stereocenters. The third-order valence-electron chi connectivity index (χ3n) is 4.54. The molecule has 0 saturated carbocycles. The quantitative estimate of drug-likeness (QED) is 0.721. The molecule has 1 aromatic heterocycles. The van der Waals surface area contributed by atoms with Crippen LogP contribution in [0.5, 0.6) is 0 Å². The second-order valence-electron chi connectivity index (χ2n) is 6.39. The first-order valence-electron chi connectivity index (χ1n) is 8.85. The van der Waals surface area contributed by atoms with Crippen LogP contribution in [0.2, 0.25) is 0 Å². The molecule has 1 aliphatic rings. The standard InChI is InChI=1S/C21H21N3O2/c25-20(19-10-12-24(23-19)18-4-2-1-3-5-18)14-16-6-8-17(9-7-16)21-15-22-11-13-26-21/h1-10,12,21-22H,11,13-15H2. The van der Waals surface area contributed by atoms with Gasteiger partial charge in [0.25, 0.3) is 0 Å². The van der Waals surface area contributed by atoms with E-state index in [9.17, 15) is 4.79 Å². The fourth-order valence-electron chi connectivity index (χ4n) is 3.10. The van der Waals surface area contributed by atoms with Crippen LogP contribution in [-0.2, 0) is 11.2 Å². The number of para-hydroxylation sites is 1. The van der Waals surface area contributed by atoms with Gasteiger partial charge in [-0.05, 0) is 29.3 Å². The van der Waals surface area contributed by atoms with Gasteiger partial charge >= 0.3 is 0 Å². The third-order valence-corrected chi connectivity index (χ3v) is 4.54. The average Bonchev–Trinajstić information content (AvgIpc) is 3.20. The number of carbonyl (C=O) groups excluding carboxylic acids is 1. The van der Waals surface area contributed by atoms with Gasteiger partial charge < -0.3 is 10.1 Å². The largest absolute Gasteiger partial charge is 0.371 e. The molecule has 1 saturated heterocycles. The van der Waals surface area contributed by atoms with Gasteiger partial charge in [0.05, 0.1) is 18.4 Å². The van der Waals surface area contributed by atoms with Crippen LogP contribution < -0.4 is 5.32 Å². The molecule has 1 fully saturated rings. The second-order valence-corrected chi connectivity index (χ2v) is 6.39. The van der Waals surface area contributed by atoms with E-state index >= 15 is 0 Å². The first-order chi connectivity index (χ1) is 12.8. The summed E-state index contributed by atoms with van der Waals surface area (Å²) in [7, 11) is 0. The van der Waals surface area contributed by atoms with Gasteiger partial charge in [-0.3, -0.25) is 4.79 Å². The lowest BCUT2D eigenvalue weighted by molar-refractivity contribution is 0.0277. The number of aromatic nitrogens is 2. The first-order valence-corrected chi connectivity index (χ1v) is 8.85. The highest BCUT2D eigenvalue weighted by molar-refractivity contribution is 5.95. The van der Waals surface area contributed by atoms with Crippen LogP contribution in [0.4, 0.5) is 0 Å². The Kier molecular flexibility index (Phi) is 4.91. The number of rotatable bonds is 5. The Balaban J connectivity index is 1.42. The minimum Gasteiger partial charge on any atom is -0.371 e. The summed E-state index contributed by atoms with van der Waals surface area (Å²) in [4.78, 5) is 12.5. The zero-order chi connectivity index (χ0) is 17.8. The minimum absolute atomic E-state index is 0.0167. The van der Waals surface area contributed by atoms with E-state index in [0.717, 1.165) is 36.5 Å². The van der Waals surface area contributed by atoms with E-state index in [0.29, 0.717) is 12.1 Å². The maximum atomic E-state index is 12.5. The Morgan fingerprint density at radius 3 is 2.65 bits per heavy atom. The molecule has 5 nitrogen and oxygen atoms in total. The van der Waals surface area contributed by atoms with Gasteiger partial charge in [0, 0.05) is 25.7 Å². The summed E-state index contributed by atoms with van der Waals surface area (Å²) in [6.45, 7) is 2.46. The van der Waals surface area contributed by atoms with Gasteiger partial charge in [0.1, 0.15) is 5.69 Å². The molecule has 3 aromatic rings. The number of benzene rings is 2. The van der Waals surface area contributed by atoms with Crippen molar-refractivity contribution in [2.75, 3.05) is 19.7 Å². The number of morpholine rings is 1. The number of nitrogens with one attached hydrogen (secondary N) is 1. The summed E-state index contributed by atoms with van der Waals surface area (Å²) in [6, 6.07) is 19.6. The number of ketones is 1. The predicted octanol–water partition coefficient (Wildman–Crippen LogP) is 2.96. The van der Waals surface area contributed by atoms with Crippen molar-refractivity contribution in [3.8, 4) is 5.69 Å². The van der Waals surface area contributed by atoms with Crippen LogP contribution in [-0.4, -0.2) is 35.3 Å². The van der Waals surface area contributed by atoms with Crippen molar-refractivity contribution >= 4 is 5.78 Å². The number of hydrogen-bond donors (Lipinski definition) is 1. The molecule has 132 valence electrons. The fraction of sp³-hybridized carbons (Fsp3) is 0.238. The molecule has 1 N–H and O–H groups in total. The van der Waals surface area contributed by atoms with Gasteiger partial charge in [0.2, 0.25) is 0 Å². The van der Waals surface area contributed by atoms with Gasteiger partial charge in [-0.25, -0.2) is 4.68 Å². The first kappa shape index (κ1) is 16.7. The summed E-state index contributed by atoms with van der Waals surface area (Å²) in [6.07, 6.45) is 2.25. The molecule has 26 heavy (non-hydrogen) atoms. The Bertz CT molecular complexity index is 866. The Morgan fingerprint density at radius 1 is 1.12 bits per heavy atom. The monoisotopic (exact) mass is 347 g/mol. The molecule has 5 heteroatoms. The Labute approximate surface area is 152 Å². The zero-order valence-corrected chi connectivity index (χ0v) is 14.5. The van der Waals surface area contributed by atoms with Crippen molar-refractivity contribution in [1.82, 2.24) is 15.1 Å². The molecule has 0 aliphatic carbocycles. The van der Waals surface area contributed by atoms with Gasteiger partial charge in [-0.15, -0.1) is 0 Å². The van der Waals surface area contributed by atoms with Crippen LogP contribution in [0.1, 0.15) is 27.7 Å². The predicted molar refractivity (Wildman–Crippen MR) is 99.6 cm³/mol. The lowest BCUT2D eigenvalue weighted by Crippen LogP contribution is -2.33. The van der Waals surface area contributed by atoms with Crippen LogP contribution in [0, 0.1) is 0 Å². The highest BCUT2D eigenvalue weighted by Crippen LogP contribution is 2.19. The van der Waals surface area contributed by atoms with Crippen LogP contribution in [0.15, 0.2) is 66.9 Å². The van der Waals surface area contributed by atoms with Crippen molar-refractivity contribution in [3.63, 3.8) is 0 Å². The van der Waals surface area contributed by atoms with E-state index in [4.69, 9.17) is 4.74 Å². The lowest BCUT2D eigenvalue weighted by atomic mass is 10.0. The van der Waals surface area contributed by atoms with Crippen molar-refractivity contribution in [3.05, 3.63) is 83.7 Å². The lowest BCUT2D eigenvalue weighted by Gasteiger charge is -2.24. The van der Waals surface area contributed by atoms with E-state index in [-0.39, 0.29) is 11.9 Å². The van der Waals surface area contributed by atoms with Crippen molar-refractivity contribution in [2.45, 2.75) is 12.5 Å². The summed E-state index contributed by atoms with van der Waals surface area (Å²) in [5.74, 6) is 0.0167. The number of ether oxygens (including phenoxy) is 1. The molecule has 1 aliphatic heterocycles. The number of nitrogens with zero attached hydrogens (tertiary/aromatic N) is 2. The smallest absolute Gasteiger partial charge is 0.187 e. The molecular formula is C21H21N3O2. The summed E-state index contributed by atoms with van der Waals surface area (Å²) in [5, 5.41) is 7.73. The highest BCUT2D eigenvalue weighted by Gasteiger charge is 2.16. The topological polar surface area (TPSA) is 56.1 Å². The fourth-order valence-corrected chi connectivity index (χ4v) is 3.10. The SMILES string of the molecule is O=C(Cc1ccc(C2CNCCO2)cc1)c1ccn(-c2ccccc2)n1.